The second-order valence-corrected chi connectivity index (χ2v) is 7.74. The highest BCUT2D eigenvalue weighted by molar-refractivity contribution is 6.05. The lowest BCUT2D eigenvalue weighted by Gasteiger charge is -2.16. The molecule has 0 saturated heterocycles. The number of nitrogen functional groups attached to an aromatic ring is 1. The zero-order valence-corrected chi connectivity index (χ0v) is 17.8. The minimum Gasteiger partial charge on any atom is -0.398 e. The SMILES string of the molecule is C=CNC1=NC=C(C2OCc3ccccc32)/C1=C/Cc1ccc(N)c(C(=O)N(C)C)c1. The third kappa shape index (κ3) is 4.02. The van der Waals surface area contributed by atoms with Crippen LogP contribution in [0.15, 0.2) is 83.7 Å². The van der Waals surface area contributed by atoms with E-state index >= 15 is 0 Å². The standard InChI is InChI=1S/C25H26N4O2/c1-4-27-24-19(11-9-16-10-12-22(26)20(13-16)25(30)29(2)3)21(14-28-24)23-18-8-6-5-7-17(18)15-31-23/h4-8,10-14,23H,1,9,15,26H2,2-3H3,(H,27,28)/b19-11-. The molecule has 1 amide bonds. The van der Waals surface area contributed by atoms with Crippen LogP contribution < -0.4 is 11.1 Å². The van der Waals surface area contributed by atoms with E-state index in [1.165, 1.54) is 16.0 Å². The molecule has 4 rings (SSSR count). The van der Waals surface area contributed by atoms with Crippen molar-refractivity contribution in [2.24, 2.45) is 4.99 Å². The lowest BCUT2D eigenvalue weighted by molar-refractivity contribution is 0.0828. The topological polar surface area (TPSA) is 80.0 Å². The zero-order chi connectivity index (χ0) is 22.0. The number of carbonyl (C=O) groups excluding carboxylic acids is 1. The van der Waals surface area contributed by atoms with E-state index in [1.807, 2.05) is 30.5 Å². The molecular weight excluding hydrogens is 388 g/mol. The summed E-state index contributed by atoms with van der Waals surface area (Å²) in [4.78, 5) is 18.5. The van der Waals surface area contributed by atoms with Gasteiger partial charge < -0.3 is 20.7 Å². The Morgan fingerprint density at radius 3 is 2.90 bits per heavy atom. The fourth-order valence-corrected chi connectivity index (χ4v) is 3.86. The van der Waals surface area contributed by atoms with Crippen LogP contribution in [0.25, 0.3) is 0 Å². The van der Waals surface area contributed by atoms with Gasteiger partial charge in [-0.15, -0.1) is 0 Å². The van der Waals surface area contributed by atoms with Gasteiger partial charge in [0.05, 0.1) is 12.2 Å². The highest BCUT2D eigenvalue weighted by Crippen LogP contribution is 2.40. The summed E-state index contributed by atoms with van der Waals surface area (Å²) >= 11 is 0. The fraction of sp³-hybridized carbons (Fsp3) is 0.200. The third-order valence-corrected chi connectivity index (χ3v) is 5.46. The Labute approximate surface area is 182 Å². The second kappa shape index (κ2) is 8.62. The number of hydrogen-bond donors (Lipinski definition) is 2. The zero-order valence-electron chi connectivity index (χ0n) is 17.8. The van der Waals surface area contributed by atoms with Crippen LogP contribution in [0.3, 0.4) is 0 Å². The van der Waals surface area contributed by atoms with E-state index in [0.29, 0.717) is 24.3 Å². The van der Waals surface area contributed by atoms with E-state index in [-0.39, 0.29) is 12.0 Å². The molecular formula is C25H26N4O2. The fourth-order valence-electron chi connectivity index (χ4n) is 3.86. The van der Waals surface area contributed by atoms with Crippen molar-refractivity contribution >= 4 is 17.4 Å². The number of nitrogens with zero attached hydrogens (tertiary/aromatic N) is 2. The van der Waals surface area contributed by atoms with Gasteiger partial charge in [-0.3, -0.25) is 4.79 Å². The van der Waals surface area contributed by atoms with Crippen LogP contribution in [0.2, 0.25) is 0 Å². The highest BCUT2D eigenvalue weighted by atomic mass is 16.5. The molecule has 31 heavy (non-hydrogen) atoms. The maximum atomic E-state index is 12.4. The number of allylic oxidation sites excluding steroid dienone is 1. The summed E-state index contributed by atoms with van der Waals surface area (Å²) in [7, 11) is 3.43. The Bertz CT molecular complexity index is 1130. The summed E-state index contributed by atoms with van der Waals surface area (Å²) in [6.45, 7) is 4.35. The van der Waals surface area contributed by atoms with Gasteiger partial charge in [-0.05, 0) is 41.4 Å². The summed E-state index contributed by atoms with van der Waals surface area (Å²) in [6.07, 6.45) is 6.03. The van der Waals surface area contributed by atoms with Gasteiger partial charge in [-0.25, -0.2) is 4.99 Å². The first-order valence-electron chi connectivity index (χ1n) is 10.1. The number of rotatable bonds is 5. The van der Waals surface area contributed by atoms with Crippen LogP contribution in [0.1, 0.15) is 33.2 Å². The second-order valence-electron chi connectivity index (χ2n) is 7.74. The molecule has 0 aliphatic carbocycles. The van der Waals surface area contributed by atoms with Crippen LogP contribution in [-0.2, 0) is 17.8 Å². The molecule has 0 spiro atoms. The Balaban J connectivity index is 1.63. The van der Waals surface area contributed by atoms with Crippen molar-refractivity contribution in [3.8, 4) is 0 Å². The van der Waals surface area contributed by atoms with E-state index in [1.54, 1.807) is 26.4 Å². The van der Waals surface area contributed by atoms with E-state index in [2.05, 4.69) is 35.1 Å². The van der Waals surface area contributed by atoms with Gasteiger partial charge in [-0.1, -0.05) is 43.0 Å². The molecule has 0 saturated carbocycles. The molecule has 0 fully saturated rings. The van der Waals surface area contributed by atoms with Crippen LogP contribution in [0.5, 0.6) is 0 Å². The van der Waals surface area contributed by atoms with Crippen molar-refractivity contribution in [3.05, 3.63) is 101 Å². The number of carbonyl (C=O) groups is 1. The lowest BCUT2D eigenvalue weighted by atomic mass is 9.93. The molecule has 2 aliphatic heterocycles. The lowest BCUT2D eigenvalue weighted by Crippen LogP contribution is -2.23. The van der Waals surface area contributed by atoms with Crippen molar-refractivity contribution in [1.82, 2.24) is 10.2 Å². The maximum Gasteiger partial charge on any atom is 0.255 e. The molecule has 0 aromatic heterocycles. The number of hydrogen-bond acceptors (Lipinski definition) is 5. The van der Waals surface area contributed by atoms with E-state index < -0.39 is 0 Å². The molecule has 158 valence electrons. The Kier molecular flexibility index (Phi) is 5.73. The first-order valence-corrected chi connectivity index (χ1v) is 10.1. The van der Waals surface area contributed by atoms with Gasteiger partial charge in [0.25, 0.3) is 5.91 Å². The number of aliphatic imine (C=N–C) groups is 1. The molecule has 2 aromatic rings. The Morgan fingerprint density at radius 1 is 1.32 bits per heavy atom. The monoisotopic (exact) mass is 414 g/mol. The van der Waals surface area contributed by atoms with Gasteiger partial charge in [-0.2, -0.15) is 0 Å². The number of amidine groups is 1. The molecule has 2 aliphatic rings. The quantitative estimate of drug-likeness (QED) is 0.731. The van der Waals surface area contributed by atoms with Crippen molar-refractivity contribution in [3.63, 3.8) is 0 Å². The van der Waals surface area contributed by atoms with Crippen molar-refractivity contribution < 1.29 is 9.53 Å². The minimum atomic E-state index is -0.160. The van der Waals surface area contributed by atoms with Gasteiger partial charge >= 0.3 is 0 Å². The average molecular weight is 415 g/mol. The third-order valence-electron chi connectivity index (χ3n) is 5.46. The van der Waals surface area contributed by atoms with E-state index in [4.69, 9.17) is 10.5 Å². The Hall–Kier alpha value is -3.64. The number of ether oxygens (including phenoxy) is 1. The molecule has 0 bridgehead atoms. The summed E-state index contributed by atoms with van der Waals surface area (Å²) < 4.78 is 6.11. The molecule has 6 nitrogen and oxygen atoms in total. The molecule has 3 N–H and O–H groups in total. The van der Waals surface area contributed by atoms with Crippen LogP contribution in [0.4, 0.5) is 5.69 Å². The first-order chi connectivity index (χ1) is 15.0. The van der Waals surface area contributed by atoms with Gasteiger partial charge in [0.15, 0.2) is 0 Å². The molecule has 1 atom stereocenters. The number of amides is 1. The van der Waals surface area contributed by atoms with Crippen molar-refractivity contribution in [2.45, 2.75) is 19.1 Å². The van der Waals surface area contributed by atoms with Crippen molar-refractivity contribution in [1.29, 1.82) is 0 Å². The number of fused-ring (bicyclic) bond motifs is 1. The van der Waals surface area contributed by atoms with Gasteiger partial charge in [0.2, 0.25) is 0 Å². The molecule has 6 heteroatoms. The Morgan fingerprint density at radius 2 is 2.13 bits per heavy atom. The largest absolute Gasteiger partial charge is 0.398 e. The highest BCUT2D eigenvalue weighted by Gasteiger charge is 2.31. The normalized spacial score (nSPS) is 18.4. The van der Waals surface area contributed by atoms with Crippen molar-refractivity contribution in [2.75, 3.05) is 19.8 Å². The first kappa shape index (κ1) is 20.6. The van der Waals surface area contributed by atoms with Crippen LogP contribution in [-0.4, -0.2) is 30.7 Å². The summed E-state index contributed by atoms with van der Waals surface area (Å²) in [6, 6.07) is 13.8. The van der Waals surface area contributed by atoms with E-state index in [0.717, 1.165) is 22.5 Å². The van der Waals surface area contributed by atoms with Gasteiger partial charge in [0.1, 0.15) is 11.9 Å². The molecule has 2 heterocycles. The molecule has 2 aromatic carbocycles. The van der Waals surface area contributed by atoms with Crippen LogP contribution in [0, 0.1) is 0 Å². The average Bonchev–Trinajstić information content (AvgIpc) is 3.36. The predicted octanol–water partition coefficient (Wildman–Crippen LogP) is 3.74. The summed E-state index contributed by atoms with van der Waals surface area (Å²) in [5, 5.41) is 3.12. The number of anilines is 1. The predicted molar refractivity (Wildman–Crippen MR) is 123 cm³/mol. The van der Waals surface area contributed by atoms with Crippen LogP contribution >= 0.6 is 0 Å². The smallest absolute Gasteiger partial charge is 0.255 e. The molecule has 1 unspecified atom stereocenters. The number of nitrogens with one attached hydrogen (secondary N) is 1. The summed E-state index contributed by atoms with van der Waals surface area (Å²) in [5.41, 5.74) is 12.3. The minimum absolute atomic E-state index is 0.111. The molecule has 0 radical (unpaired) electrons. The number of nitrogens with two attached hydrogens (primary N) is 1. The van der Waals surface area contributed by atoms with Gasteiger partial charge in [0, 0.05) is 37.1 Å². The van der Waals surface area contributed by atoms with E-state index in [9.17, 15) is 4.79 Å². The number of benzene rings is 2. The summed E-state index contributed by atoms with van der Waals surface area (Å²) in [5.74, 6) is 0.623. The maximum absolute atomic E-state index is 12.4.